The molecule has 0 aliphatic heterocycles. The Labute approximate surface area is 106 Å². The van der Waals surface area contributed by atoms with Crippen LogP contribution in [0.4, 0.5) is 0 Å². The third kappa shape index (κ3) is 5.97. The minimum Gasteiger partial charge on any atom is -0.469 e. The zero-order valence-corrected chi connectivity index (χ0v) is 11.1. The number of carbonyl (C=O) groups is 4. The summed E-state index contributed by atoms with van der Waals surface area (Å²) < 4.78 is 4.36. The monoisotopic (exact) mass is 258 g/mol. The van der Waals surface area contributed by atoms with Crippen molar-refractivity contribution in [2.24, 2.45) is 0 Å². The van der Waals surface area contributed by atoms with Gasteiger partial charge in [-0.15, -0.1) is 0 Å². The van der Waals surface area contributed by atoms with E-state index in [2.05, 4.69) is 4.74 Å². The maximum absolute atomic E-state index is 11.5. The lowest BCUT2D eigenvalue weighted by Gasteiger charge is -2.24. The van der Waals surface area contributed by atoms with Crippen molar-refractivity contribution in [3.05, 3.63) is 0 Å². The third-order valence-electron chi connectivity index (χ3n) is 2.20. The summed E-state index contributed by atoms with van der Waals surface area (Å²) in [5.74, 6) is -1.70. The van der Waals surface area contributed by atoms with Crippen LogP contribution in [-0.4, -0.2) is 61.2 Å². The quantitative estimate of drug-likeness (QED) is 0.361. The molecule has 2 amide bonds. The van der Waals surface area contributed by atoms with Crippen LogP contribution in [-0.2, 0) is 23.9 Å². The molecule has 0 aliphatic rings. The number of amides is 2. The maximum atomic E-state index is 11.5. The Hall–Kier alpha value is -1.92. The molecule has 0 radical (unpaired) electrons. The predicted octanol–water partition coefficient (Wildman–Crippen LogP) is -0.597. The second-order valence-electron chi connectivity index (χ2n) is 3.96. The number of esters is 1. The van der Waals surface area contributed by atoms with Crippen LogP contribution < -0.4 is 0 Å². The number of hydrogen-bond acceptors (Lipinski definition) is 5. The van der Waals surface area contributed by atoms with Crippen LogP contribution in [0.5, 0.6) is 0 Å². The lowest BCUT2D eigenvalue weighted by atomic mass is 10.3. The highest BCUT2D eigenvalue weighted by atomic mass is 16.5. The second-order valence-corrected chi connectivity index (χ2v) is 3.96. The fourth-order valence-corrected chi connectivity index (χ4v) is 1.15. The predicted molar refractivity (Wildman–Crippen MR) is 62.3 cm³/mol. The van der Waals surface area contributed by atoms with Gasteiger partial charge in [0.15, 0.2) is 0 Å². The van der Waals surface area contributed by atoms with Crippen LogP contribution in [0, 0.1) is 0 Å². The van der Waals surface area contributed by atoms with Crippen molar-refractivity contribution < 1.29 is 23.9 Å². The van der Waals surface area contributed by atoms with E-state index in [4.69, 9.17) is 0 Å². The fraction of sp³-hybridized carbons (Fsp3) is 0.636. The number of Topliss-reactive ketones (excluding diaryl/α,β-unsaturated/α-hetero) is 1. The molecular formula is C11H18N2O5. The van der Waals surface area contributed by atoms with E-state index in [9.17, 15) is 19.2 Å². The van der Waals surface area contributed by atoms with Crippen molar-refractivity contribution in [2.75, 3.05) is 27.9 Å². The molecule has 0 unspecified atom stereocenters. The van der Waals surface area contributed by atoms with E-state index < -0.39 is 11.9 Å². The van der Waals surface area contributed by atoms with Gasteiger partial charge in [-0.3, -0.25) is 19.2 Å². The second kappa shape index (κ2) is 7.41. The first-order valence-electron chi connectivity index (χ1n) is 5.32. The molecule has 0 bridgehead atoms. The lowest BCUT2D eigenvalue weighted by molar-refractivity contribution is -0.147. The Kier molecular flexibility index (Phi) is 6.62. The first-order valence-corrected chi connectivity index (χ1v) is 5.32. The molecule has 0 aromatic carbocycles. The van der Waals surface area contributed by atoms with Gasteiger partial charge in [-0.2, -0.15) is 0 Å². The summed E-state index contributed by atoms with van der Waals surface area (Å²) in [5, 5.41) is 0. The molecule has 0 heterocycles. The summed E-state index contributed by atoms with van der Waals surface area (Å²) in [7, 11) is 4.13. The molecule has 18 heavy (non-hydrogen) atoms. The van der Waals surface area contributed by atoms with E-state index in [-0.39, 0.29) is 31.2 Å². The van der Waals surface area contributed by atoms with Crippen molar-refractivity contribution in [3.8, 4) is 0 Å². The van der Waals surface area contributed by atoms with Gasteiger partial charge in [0.2, 0.25) is 11.8 Å². The highest BCUT2D eigenvalue weighted by molar-refractivity contribution is 5.97. The third-order valence-corrected chi connectivity index (χ3v) is 2.20. The molecule has 0 spiro atoms. The molecule has 0 rings (SSSR count). The largest absolute Gasteiger partial charge is 0.469 e. The van der Waals surface area contributed by atoms with Gasteiger partial charge in [0.1, 0.15) is 12.2 Å². The summed E-state index contributed by atoms with van der Waals surface area (Å²) in [4.78, 5) is 47.1. The smallest absolute Gasteiger partial charge is 0.315 e. The van der Waals surface area contributed by atoms with E-state index in [0.29, 0.717) is 0 Å². The van der Waals surface area contributed by atoms with Gasteiger partial charge in [0.25, 0.3) is 0 Å². The van der Waals surface area contributed by atoms with E-state index in [0.717, 1.165) is 0 Å². The fourth-order valence-electron chi connectivity index (χ4n) is 1.15. The Balaban J connectivity index is 4.25. The molecule has 7 heteroatoms. The molecule has 0 aliphatic carbocycles. The number of nitrogens with zero attached hydrogens (tertiary/aromatic N) is 2. The molecule has 0 N–H and O–H groups in total. The Bertz CT molecular complexity index is 353. The molecule has 0 aromatic rings. The van der Waals surface area contributed by atoms with Crippen LogP contribution in [0.2, 0.25) is 0 Å². The zero-order chi connectivity index (χ0) is 14.3. The van der Waals surface area contributed by atoms with E-state index in [1.807, 2.05) is 0 Å². The highest BCUT2D eigenvalue weighted by Crippen LogP contribution is 1.98. The summed E-state index contributed by atoms with van der Waals surface area (Å²) in [6.07, 6.45) is -0.572. The number of methoxy groups -OCH3 is 1. The van der Waals surface area contributed by atoms with Gasteiger partial charge < -0.3 is 14.5 Å². The number of rotatable bonds is 6. The van der Waals surface area contributed by atoms with Crippen LogP contribution in [0.3, 0.4) is 0 Å². The van der Waals surface area contributed by atoms with Crippen molar-refractivity contribution >= 4 is 23.6 Å². The normalized spacial score (nSPS) is 9.56. The minimum atomic E-state index is -0.635. The van der Waals surface area contributed by atoms with Gasteiger partial charge in [0.05, 0.1) is 20.2 Å². The molecule has 0 fully saturated rings. The topological polar surface area (TPSA) is 84.0 Å². The van der Waals surface area contributed by atoms with Crippen LogP contribution in [0.15, 0.2) is 0 Å². The van der Waals surface area contributed by atoms with Gasteiger partial charge >= 0.3 is 5.97 Å². The molecular weight excluding hydrogens is 240 g/mol. The van der Waals surface area contributed by atoms with Gasteiger partial charge in [-0.1, -0.05) is 0 Å². The summed E-state index contributed by atoms with van der Waals surface area (Å²) in [5.41, 5.74) is 0. The SMILES string of the molecule is COC(=O)CC(=O)N(C)CN(C)C(=O)CC(C)=O. The molecule has 102 valence electrons. The molecule has 0 atom stereocenters. The minimum absolute atomic E-state index is 0.0158. The average molecular weight is 258 g/mol. The van der Waals surface area contributed by atoms with Crippen molar-refractivity contribution in [1.82, 2.24) is 9.80 Å². The van der Waals surface area contributed by atoms with Crippen molar-refractivity contribution in [1.29, 1.82) is 0 Å². The number of ether oxygens (including phenoxy) is 1. The first kappa shape index (κ1) is 16.1. The molecule has 0 aromatic heterocycles. The maximum Gasteiger partial charge on any atom is 0.315 e. The Morgan fingerprint density at radius 2 is 1.39 bits per heavy atom. The lowest BCUT2D eigenvalue weighted by Crippen LogP contribution is -2.41. The van der Waals surface area contributed by atoms with Gasteiger partial charge in [-0.25, -0.2) is 0 Å². The first-order chi connectivity index (χ1) is 8.27. The molecule has 0 saturated carbocycles. The highest BCUT2D eigenvalue weighted by Gasteiger charge is 2.18. The van der Waals surface area contributed by atoms with Gasteiger partial charge in [-0.05, 0) is 6.92 Å². The molecule has 7 nitrogen and oxygen atoms in total. The van der Waals surface area contributed by atoms with E-state index in [1.165, 1.54) is 37.9 Å². The summed E-state index contributed by atoms with van der Waals surface area (Å²) in [6.45, 7) is 1.33. The molecule has 0 saturated heterocycles. The number of carbonyl (C=O) groups excluding carboxylic acids is 4. The van der Waals surface area contributed by atoms with Crippen LogP contribution >= 0.6 is 0 Å². The van der Waals surface area contributed by atoms with E-state index >= 15 is 0 Å². The van der Waals surface area contributed by atoms with Crippen molar-refractivity contribution in [2.45, 2.75) is 19.8 Å². The summed E-state index contributed by atoms with van der Waals surface area (Å²) in [6, 6.07) is 0. The number of ketones is 1. The Morgan fingerprint density at radius 1 is 0.944 bits per heavy atom. The summed E-state index contributed by atoms with van der Waals surface area (Å²) >= 11 is 0. The van der Waals surface area contributed by atoms with Crippen molar-refractivity contribution in [3.63, 3.8) is 0 Å². The van der Waals surface area contributed by atoms with Gasteiger partial charge in [0, 0.05) is 14.1 Å². The zero-order valence-electron chi connectivity index (χ0n) is 11.1. The number of hydrogen-bond donors (Lipinski definition) is 0. The standard InChI is InChI=1S/C11H18N2O5/c1-8(14)5-9(15)12(2)7-13(3)10(16)6-11(17)18-4/h5-7H2,1-4H3. The average Bonchev–Trinajstić information content (AvgIpc) is 2.27. The van der Waals surface area contributed by atoms with E-state index in [1.54, 1.807) is 0 Å². The Morgan fingerprint density at radius 3 is 1.78 bits per heavy atom. The van der Waals surface area contributed by atoms with Crippen LogP contribution in [0.1, 0.15) is 19.8 Å². The van der Waals surface area contributed by atoms with Crippen LogP contribution in [0.25, 0.3) is 0 Å².